The summed E-state index contributed by atoms with van der Waals surface area (Å²) in [5, 5.41) is 8.89. The van der Waals surface area contributed by atoms with Crippen LogP contribution in [0.5, 0.6) is 0 Å². The molecule has 1 amide bonds. The summed E-state index contributed by atoms with van der Waals surface area (Å²) < 4.78 is 41.5. The van der Waals surface area contributed by atoms with Gasteiger partial charge in [0.05, 0.1) is 13.2 Å². The monoisotopic (exact) mass is 284 g/mol. The topological polar surface area (TPSA) is 53.0 Å². The van der Waals surface area contributed by atoms with Gasteiger partial charge in [-0.2, -0.15) is 13.2 Å². The van der Waals surface area contributed by atoms with Crippen LogP contribution < -0.4 is 0 Å². The van der Waals surface area contributed by atoms with E-state index in [2.05, 4.69) is 0 Å². The quantitative estimate of drug-likeness (QED) is 0.777. The van der Waals surface area contributed by atoms with Crippen LogP contribution in [-0.4, -0.2) is 79.5 Å². The Balaban J connectivity index is 2.25. The number of hydrogen-bond donors (Lipinski definition) is 1. The van der Waals surface area contributed by atoms with Crippen LogP contribution >= 0.6 is 0 Å². The first-order valence-electron chi connectivity index (χ1n) is 6.09. The van der Waals surface area contributed by atoms with Gasteiger partial charge in [-0.3, -0.25) is 4.79 Å². The van der Waals surface area contributed by atoms with Crippen molar-refractivity contribution >= 4 is 5.91 Å². The molecule has 0 aromatic carbocycles. The Morgan fingerprint density at radius 2 is 2.00 bits per heavy atom. The van der Waals surface area contributed by atoms with Crippen molar-refractivity contribution in [2.75, 3.05) is 46.4 Å². The maximum Gasteiger partial charge on any atom is 0.415 e. The second-order valence-corrected chi connectivity index (χ2v) is 4.56. The molecule has 1 saturated heterocycles. The maximum atomic E-state index is 12.1. The van der Waals surface area contributed by atoms with Crippen LogP contribution in [0.3, 0.4) is 0 Å². The Bertz CT molecular complexity index is 293. The van der Waals surface area contributed by atoms with E-state index >= 15 is 0 Å². The smallest absolute Gasteiger partial charge is 0.382 e. The highest BCUT2D eigenvalue weighted by atomic mass is 19.4. The first kappa shape index (κ1) is 16.2. The highest BCUT2D eigenvalue weighted by molar-refractivity contribution is 5.76. The van der Waals surface area contributed by atoms with E-state index in [0.29, 0.717) is 26.3 Å². The molecule has 1 heterocycles. The van der Waals surface area contributed by atoms with Gasteiger partial charge in [0.2, 0.25) is 5.91 Å². The minimum atomic E-state index is -4.62. The molecule has 19 heavy (non-hydrogen) atoms. The molecule has 1 atom stereocenters. The van der Waals surface area contributed by atoms with Crippen molar-refractivity contribution in [3.05, 3.63) is 0 Å². The molecule has 1 N–H and O–H groups in total. The van der Waals surface area contributed by atoms with Crippen LogP contribution in [0.4, 0.5) is 13.2 Å². The molecule has 0 radical (unpaired) electrons. The highest BCUT2D eigenvalue weighted by Crippen LogP contribution is 2.20. The van der Waals surface area contributed by atoms with Crippen molar-refractivity contribution in [1.82, 2.24) is 9.80 Å². The zero-order valence-electron chi connectivity index (χ0n) is 10.8. The van der Waals surface area contributed by atoms with Gasteiger partial charge in [0.25, 0.3) is 0 Å². The first-order chi connectivity index (χ1) is 8.80. The number of carbonyl (C=O) groups is 1. The van der Waals surface area contributed by atoms with Gasteiger partial charge < -0.3 is 19.6 Å². The van der Waals surface area contributed by atoms with Gasteiger partial charge in [0, 0.05) is 32.6 Å². The summed E-state index contributed by atoms with van der Waals surface area (Å²) in [6.45, 7) is 1.69. The zero-order chi connectivity index (χ0) is 14.5. The third-order valence-electron chi connectivity index (χ3n) is 2.93. The number of likely N-dealkylation sites (N-methyl/N-ethyl adjacent to an activating group) is 1. The second kappa shape index (κ2) is 7.06. The van der Waals surface area contributed by atoms with Crippen molar-refractivity contribution in [1.29, 1.82) is 0 Å². The summed E-state index contributed by atoms with van der Waals surface area (Å²) in [6, 6.07) is 0. The highest BCUT2D eigenvalue weighted by Gasteiger charge is 2.38. The molecule has 1 fully saturated rings. The minimum Gasteiger partial charge on any atom is -0.382 e. The van der Waals surface area contributed by atoms with Crippen LogP contribution in [0.15, 0.2) is 0 Å². The maximum absolute atomic E-state index is 12.1. The number of ether oxygens (including phenoxy) is 1. The summed E-state index contributed by atoms with van der Waals surface area (Å²) in [4.78, 5) is 14.7. The van der Waals surface area contributed by atoms with Crippen LogP contribution in [0.2, 0.25) is 0 Å². The normalized spacial score (nSPS) is 18.7. The van der Waals surface area contributed by atoms with Crippen molar-refractivity contribution in [2.24, 2.45) is 0 Å². The fraction of sp³-hybridized carbons (Fsp3) is 0.909. The third-order valence-corrected chi connectivity index (χ3v) is 2.93. The predicted molar refractivity (Wildman–Crippen MR) is 61.6 cm³/mol. The number of amides is 1. The van der Waals surface area contributed by atoms with Gasteiger partial charge in [0.1, 0.15) is 0 Å². The molecule has 0 spiro atoms. The number of hydrogen-bond acceptors (Lipinski definition) is 4. The van der Waals surface area contributed by atoms with Crippen LogP contribution in [0.25, 0.3) is 0 Å². The Morgan fingerprint density at radius 3 is 2.53 bits per heavy atom. The molecular weight excluding hydrogens is 265 g/mol. The number of halogens is 3. The minimum absolute atomic E-state index is 0.100. The number of alkyl halides is 3. The number of rotatable bonds is 5. The van der Waals surface area contributed by atoms with Crippen LogP contribution in [0, 0.1) is 0 Å². The van der Waals surface area contributed by atoms with Crippen molar-refractivity contribution in [3.8, 4) is 0 Å². The number of carbonyl (C=O) groups excluding carboxylic acids is 1. The average Bonchev–Trinajstić information content (AvgIpc) is 2.35. The van der Waals surface area contributed by atoms with Gasteiger partial charge in [-0.15, -0.1) is 0 Å². The van der Waals surface area contributed by atoms with Crippen LogP contribution in [-0.2, 0) is 9.53 Å². The third kappa shape index (κ3) is 5.75. The summed E-state index contributed by atoms with van der Waals surface area (Å²) in [7, 11) is 1.45. The van der Waals surface area contributed by atoms with Gasteiger partial charge in [-0.05, 0) is 7.05 Å². The fourth-order valence-electron chi connectivity index (χ4n) is 1.75. The van der Waals surface area contributed by atoms with Crippen molar-refractivity contribution in [2.45, 2.75) is 18.7 Å². The molecule has 112 valence electrons. The van der Waals surface area contributed by atoms with E-state index in [4.69, 9.17) is 9.84 Å². The fourth-order valence-corrected chi connectivity index (χ4v) is 1.75. The molecule has 0 aromatic heterocycles. The van der Waals surface area contributed by atoms with E-state index in [0.717, 1.165) is 0 Å². The molecule has 1 unspecified atom stereocenters. The van der Waals surface area contributed by atoms with E-state index in [1.54, 1.807) is 4.90 Å². The summed E-state index contributed by atoms with van der Waals surface area (Å²) in [5.41, 5.74) is 0. The Labute approximate surface area is 109 Å². The van der Waals surface area contributed by atoms with Crippen LogP contribution in [0.1, 0.15) is 6.42 Å². The van der Waals surface area contributed by atoms with Gasteiger partial charge in [-0.1, -0.05) is 0 Å². The molecule has 0 bridgehead atoms. The molecule has 0 aromatic rings. The number of aliphatic hydroxyl groups excluding tert-OH is 1. The predicted octanol–water partition coefficient (Wildman–Crippen LogP) is 0.0903. The van der Waals surface area contributed by atoms with E-state index in [-0.39, 0.29) is 18.9 Å². The Hall–Kier alpha value is -0.860. The molecular formula is C11H19F3N2O3. The van der Waals surface area contributed by atoms with Gasteiger partial charge >= 0.3 is 6.18 Å². The number of nitrogens with zero attached hydrogens (tertiary/aromatic N) is 2. The lowest BCUT2D eigenvalue weighted by molar-refractivity contribution is -0.207. The molecule has 0 saturated carbocycles. The SMILES string of the molecule is CN(CCC(=O)N1CCOCC1)CC(O)C(F)(F)F. The Morgan fingerprint density at radius 1 is 1.42 bits per heavy atom. The number of aliphatic hydroxyl groups is 1. The average molecular weight is 284 g/mol. The molecule has 0 aliphatic carbocycles. The van der Waals surface area contributed by atoms with E-state index in [1.165, 1.54) is 11.9 Å². The zero-order valence-corrected chi connectivity index (χ0v) is 10.8. The standard InChI is InChI=1S/C11H19F3N2O3/c1-15(8-9(17)11(12,13)14)3-2-10(18)16-4-6-19-7-5-16/h9,17H,2-8H2,1H3. The van der Waals surface area contributed by atoms with E-state index < -0.39 is 18.8 Å². The van der Waals surface area contributed by atoms with Crippen molar-refractivity contribution in [3.63, 3.8) is 0 Å². The first-order valence-corrected chi connectivity index (χ1v) is 6.09. The summed E-state index contributed by atoms with van der Waals surface area (Å²) in [5.74, 6) is -0.100. The molecule has 1 rings (SSSR count). The summed E-state index contributed by atoms with van der Waals surface area (Å²) in [6.07, 6.45) is -6.86. The molecule has 8 heteroatoms. The van der Waals surface area contributed by atoms with Gasteiger partial charge in [0.15, 0.2) is 6.10 Å². The van der Waals surface area contributed by atoms with Gasteiger partial charge in [-0.25, -0.2) is 0 Å². The molecule has 1 aliphatic rings. The van der Waals surface area contributed by atoms with E-state index in [9.17, 15) is 18.0 Å². The molecule has 5 nitrogen and oxygen atoms in total. The lowest BCUT2D eigenvalue weighted by Gasteiger charge is -2.28. The molecule has 1 aliphatic heterocycles. The van der Waals surface area contributed by atoms with Crippen molar-refractivity contribution < 1.29 is 27.8 Å². The van der Waals surface area contributed by atoms with E-state index in [1.807, 2.05) is 0 Å². The number of morpholine rings is 1. The lowest BCUT2D eigenvalue weighted by atomic mass is 10.3. The lowest BCUT2D eigenvalue weighted by Crippen LogP contribution is -2.43. The Kier molecular flexibility index (Phi) is 6.02. The second-order valence-electron chi connectivity index (χ2n) is 4.56. The largest absolute Gasteiger partial charge is 0.415 e. The summed E-state index contributed by atoms with van der Waals surface area (Å²) >= 11 is 0.